The second kappa shape index (κ2) is 7.04. The molecule has 1 amide bonds. The molecule has 1 aromatic heterocycles. The minimum atomic E-state index is -0.522. The Morgan fingerprint density at radius 3 is 2.33 bits per heavy atom. The summed E-state index contributed by atoms with van der Waals surface area (Å²) in [4.78, 5) is 43.6. The molecule has 0 bridgehead atoms. The Morgan fingerprint density at radius 2 is 1.71 bits per heavy atom. The van der Waals surface area contributed by atoms with Crippen LogP contribution in [0.2, 0.25) is 0 Å². The van der Waals surface area contributed by atoms with Gasteiger partial charge in [-0.15, -0.1) is 0 Å². The van der Waals surface area contributed by atoms with Gasteiger partial charge >= 0.3 is 5.69 Å². The number of nitrogens with zero attached hydrogens (tertiary/aromatic N) is 2. The van der Waals surface area contributed by atoms with Gasteiger partial charge in [0.05, 0.1) is 6.42 Å². The first-order valence-electron chi connectivity index (χ1n) is 7.62. The molecule has 1 saturated heterocycles. The molecule has 24 heavy (non-hydrogen) atoms. The molecule has 0 saturated carbocycles. The molecule has 0 spiro atoms. The number of anilines is 1. The average Bonchev–Trinajstić information content (AvgIpc) is 2.56. The molecule has 0 atom stereocenters. The number of rotatable bonds is 3. The Kier molecular flexibility index (Phi) is 4.84. The number of H-pyrrole nitrogens is 2. The largest absolute Gasteiger partial charge is 0.354 e. The predicted molar refractivity (Wildman–Crippen MR) is 94.3 cm³/mol. The summed E-state index contributed by atoms with van der Waals surface area (Å²) in [5.74, 6) is 0.570. The van der Waals surface area contributed by atoms with E-state index in [9.17, 15) is 14.4 Å². The molecule has 0 unspecified atom stereocenters. The zero-order valence-corrected chi connectivity index (χ0v) is 14.5. The highest BCUT2D eigenvalue weighted by Crippen LogP contribution is 2.14. The van der Waals surface area contributed by atoms with Gasteiger partial charge in [0.15, 0.2) is 0 Å². The molecular weight excluding hydrogens is 376 g/mol. The van der Waals surface area contributed by atoms with Gasteiger partial charge in [0.1, 0.15) is 5.82 Å². The fraction of sp³-hybridized carbons (Fsp3) is 0.312. The van der Waals surface area contributed by atoms with Crippen LogP contribution in [0.3, 0.4) is 0 Å². The minimum Gasteiger partial charge on any atom is -0.354 e. The number of carbonyl (C=O) groups is 1. The van der Waals surface area contributed by atoms with Crippen molar-refractivity contribution in [2.24, 2.45) is 0 Å². The maximum absolute atomic E-state index is 12.4. The fourth-order valence-electron chi connectivity index (χ4n) is 2.71. The van der Waals surface area contributed by atoms with Crippen molar-refractivity contribution in [3.05, 3.63) is 61.2 Å². The van der Waals surface area contributed by atoms with Gasteiger partial charge in [-0.3, -0.25) is 19.6 Å². The minimum absolute atomic E-state index is 0.0800. The topological polar surface area (TPSA) is 89.3 Å². The van der Waals surface area contributed by atoms with Crippen LogP contribution in [0, 0.1) is 0 Å². The van der Waals surface area contributed by atoms with Crippen molar-refractivity contribution in [2.75, 3.05) is 31.1 Å². The van der Waals surface area contributed by atoms with Crippen LogP contribution in [0.4, 0.5) is 5.82 Å². The number of carbonyl (C=O) groups excluding carboxylic acids is 1. The second-order valence-corrected chi connectivity index (χ2v) is 6.56. The van der Waals surface area contributed by atoms with E-state index >= 15 is 0 Å². The van der Waals surface area contributed by atoms with Crippen molar-refractivity contribution in [1.82, 2.24) is 14.9 Å². The number of benzene rings is 1. The van der Waals surface area contributed by atoms with Gasteiger partial charge in [0.25, 0.3) is 5.56 Å². The summed E-state index contributed by atoms with van der Waals surface area (Å²) >= 11 is 3.38. The first-order chi connectivity index (χ1) is 11.5. The molecule has 1 aliphatic rings. The molecule has 0 aliphatic carbocycles. The van der Waals surface area contributed by atoms with Crippen molar-refractivity contribution in [3.63, 3.8) is 0 Å². The number of aromatic nitrogens is 2. The third-order valence-electron chi connectivity index (χ3n) is 3.99. The van der Waals surface area contributed by atoms with Crippen LogP contribution < -0.4 is 16.1 Å². The van der Waals surface area contributed by atoms with Crippen molar-refractivity contribution < 1.29 is 4.79 Å². The Hall–Kier alpha value is -2.35. The Morgan fingerprint density at radius 1 is 1.04 bits per heavy atom. The lowest BCUT2D eigenvalue weighted by molar-refractivity contribution is -0.130. The van der Waals surface area contributed by atoms with Gasteiger partial charge < -0.3 is 9.80 Å². The average molecular weight is 393 g/mol. The first-order valence-corrected chi connectivity index (χ1v) is 8.41. The summed E-state index contributed by atoms with van der Waals surface area (Å²) in [6.07, 6.45) is 0.370. The van der Waals surface area contributed by atoms with Gasteiger partial charge in [-0.05, 0) is 17.7 Å². The maximum Gasteiger partial charge on any atom is 0.327 e. The molecule has 8 heteroatoms. The third kappa shape index (κ3) is 3.94. The molecule has 1 fully saturated rings. The Labute approximate surface area is 146 Å². The van der Waals surface area contributed by atoms with E-state index in [0.29, 0.717) is 38.4 Å². The van der Waals surface area contributed by atoms with E-state index in [1.54, 1.807) is 0 Å². The molecule has 0 radical (unpaired) electrons. The van der Waals surface area contributed by atoms with Crippen LogP contribution in [0.25, 0.3) is 0 Å². The standard InChI is InChI=1S/C16H17BrN4O3/c17-12-3-1-11(2-4-12)9-15(23)21-7-5-20(6-8-21)13-10-14(22)19-16(24)18-13/h1-4,10H,5-9H2,(H2,18,19,22,24). The third-order valence-corrected chi connectivity index (χ3v) is 4.52. The van der Waals surface area contributed by atoms with E-state index in [1.807, 2.05) is 34.1 Å². The van der Waals surface area contributed by atoms with Crippen LogP contribution >= 0.6 is 15.9 Å². The molecular formula is C16H17BrN4O3. The van der Waals surface area contributed by atoms with Crippen LogP contribution in [0.5, 0.6) is 0 Å². The van der Waals surface area contributed by atoms with Gasteiger partial charge in [-0.25, -0.2) is 4.79 Å². The lowest BCUT2D eigenvalue weighted by atomic mass is 10.1. The van der Waals surface area contributed by atoms with E-state index in [-0.39, 0.29) is 5.91 Å². The van der Waals surface area contributed by atoms with E-state index < -0.39 is 11.2 Å². The number of amides is 1. The number of aromatic amines is 2. The Balaban J connectivity index is 1.60. The summed E-state index contributed by atoms with van der Waals surface area (Å²) in [7, 11) is 0. The number of hydrogen-bond acceptors (Lipinski definition) is 4. The van der Waals surface area contributed by atoms with Crippen LogP contribution in [-0.4, -0.2) is 47.0 Å². The van der Waals surface area contributed by atoms with Crippen LogP contribution in [0.1, 0.15) is 5.56 Å². The van der Waals surface area contributed by atoms with Gasteiger partial charge in [-0.1, -0.05) is 28.1 Å². The summed E-state index contributed by atoms with van der Waals surface area (Å²) in [5.41, 5.74) is 0.0262. The summed E-state index contributed by atoms with van der Waals surface area (Å²) in [6.45, 7) is 2.27. The Bertz CT molecular complexity index is 807. The van der Waals surface area contributed by atoms with Gasteiger partial charge in [-0.2, -0.15) is 0 Å². The molecule has 1 aromatic carbocycles. The van der Waals surface area contributed by atoms with Crippen molar-refractivity contribution >= 4 is 27.7 Å². The number of halogens is 1. The van der Waals surface area contributed by atoms with Crippen molar-refractivity contribution in [3.8, 4) is 0 Å². The first kappa shape index (κ1) is 16.5. The van der Waals surface area contributed by atoms with Gasteiger partial charge in [0.2, 0.25) is 5.91 Å². The normalized spacial score (nSPS) is 14.7. The lowest BCUT2D eigenvalue weighted by Crippen LogP contribution is -2.50. The monoisotopic (exact) mass is 392 g/mol. The van der Waals surface area contributed by atoms with E-state index in [4.69, 9.17) is 0 Å². The van der Waals surface area contributed by atoms with Crippen LogP contribution in [-0.2, 0) is 11.2 Å². The molecule has 3 rings (SSSR count). The lowest BCUT2D eigenvalue weighted by Gasteiger charge is -2.35. The summed E-state index contributed by atoms with van der Waals surface area (Å²) in [5, 5.41) is 0. The highest BCUT2D eigenvalue weighted by molar-refractivity contribution is 9.10. The summed E-state index contributed by atoms with van der Waals surface area (Å²) < 4.78 is 0.985. The van der Waals surface area contributed by atoms with Crippen molar-refractivity contribution in [2.45, 2.75) is 6.42 Å². The molecule has 2 N–H and O–H groups in total. The highest BCUT2D eigenvalue weighted by Gasteiger charge is 2.22. The summed E-state index contributed by atoms with van der Waals surface area (Å²) in [6, 6.07) is 9.06. The number of piperazine rings is 1. The second-order valence-electron chi connectivity index (χ2n) is 5.64. The quantitative estimate of drug-likeness (QED) is 0.804. The SMILES string of the molecule is O=C(Cc1ccc(Br)cc1)N1CCN(c2cc(=O)[nH]c(=O)[nH]2)CC1. The molecule has 2 heterocycles. The number of nitrogens with one attached hydrogen (secondary N) is 2. The van der Waals surface area contributed by atoms with E-state index in [1.165, 1.54) is 6.07 Å². The van der Waals surface area contributed by atoms with Gasteiger partial charge in [0, 0.05) is 36.7 Å². The van der Waals surface area contributed by atoms with Crippen molar-refractivity contribution in [1.29, 1.82) is 0 Å². The zero-order chi connectivity index (χ0) is 17.1. The smallest absolute Gasteiger partial charge is 0.327 e. The predicted octanol–water partition coefficient (Wildman–Crippen LogP) is 0.717. The zero-order valence-electron chi connectivity index (χ0n) is 12.9. The molecule has 1 aliphatic heterocycles. The molecule has 7 nitrogen and oxygen atoms in total. The highest BCUT2D eigenvalue weighted by atomic mass is 79.9. The van der Waals surface area contributed by atoms with E-state index in [2.05, 4.69) is 25.9 Å². The van der Waals surface area contributed by atoms with Crippen LogP contribution in [0.15, 0.2) is 44.4 Å². The molecule has 126 valence electrons. The number of hydrogen-bond donors (Lipinski definition) is 2. The van der Waals surface area contributed by atoms with E-state index in [0.717, 1.165) is 10.0 Å². The maximum atomic E-state index is 12.4. The fourth-order valence-corrected chi connectivity index (χ4v) is 2.98. The molecule has 2 aromatic rings.